The zero-order valence-corrected chi connectivity index (χ0v) is 11.7. The Hall–Kier alpha value is -1.43. The van der Waals surface area contributed by atoms with Crippen molar-refractivity contribution in [3.05, 3.63) is 11.9 Å². The average molecular weight is 265 g/mol. The van der Waals surface area contributed by atoms with Crippen LogP contribution in [-0.2, 0) is 17.9 Å². The van der Waals surface area contributed by atoms with Gasteiger partial charge in [-0.3, -0.25) is 4.79 Å². The fourth-order valence-corrected chi connectivity index (χ4v) is 2.01. The van der Waals surface area contributed by atoms with Crippen LogP contribution in [0.1, 0.15) is 45.2 Å². The first-order chi connectivity index (χ1) is 9.17. The second-order valence-electron chi connectivity index (χ2n) is 5.32. The van der Waals surface area contributed by atoms with E-state index in [0.717, 1.165) is 25.1 Å². The van der Waals surface area contributed by atoms with Crippen LogP contribution in [0.3, 0.4) is 0 Å². The van der Waals surface area contributed by atoms with Gasteiger partial charge >= 0.3 is 0 Å². The molecule has 0 aromatic carbocycles. The van der Waals surface area contributed by atoms with Crippen molar-refractivity contribution >= 4 is 5.91 Å². The summed E-state index contributed by atoms with van der Waals surface area (Å²) in [5.74, 6) is -0.00690. The second kappa shape index (κ2) is 6.65. The molecule has 0 radical (unpaired) electrons. The van der Waals surface area contributed by atoms with Gasteiger partial charge in [0, 0.05) is 18.6 Å². The number of carbonyl (C=O) groups is 1. The molecule has 1 heterocycles. The van der Waals surface area contributed by atoms with Gasteiger partial charge in [0.05, 0.1) is 11.9 Å². The lowest BCUT2D eigenvalue weighted by atomic mass is 10.2. The van der Waals surface area contributed by atoms with Crippen LogP contribution in [-0.4, -0.2) is 33.0 Å². The quantitative estimate of drug-likeness (QED) is 0.730. The summed E-state index contributed by atoms with van der Waals surface area (Å²) >= 11 is 0. The highest BCUT2D eigenvalue weighted by Crippen LogP contribution is 2.18. The SMILES string of the molecule is CCCC(C)NC(=O)Cn1cc(CNC2CC2)nn1. The van der Waals surface area contributed by atoms with Gasteiger partial charge in [0.1, 0.15) is 6.54 Å². The van der Waals surface area contributed by atoms with Crippen molar-refractivity contribution in [1.29, 1.82) is 0 Å². The maximum absolute atomic E-state index is 11.8. The summed E-state index contributed by atoms with van der Waals surface area (Å²) < 4.78 is 1.60. The molecule has 1 atom stereocenters. The minimum absolute atomic E-state index is 0.00690. The van der Waals surface area contributed by atoms with E-state index in [0.29, 0.717) is 6.04 Å². The average Bonchev–Trinajstić information content (AvgIpc) is 3.08. The zero-order chi connectivity index (χ0) is 13.7. The van der Waals surface area contributed by atoms with Gasteiger partial charge in [-0.15, -0.1) is 5.10 Å². The molecule has 0 saturated heterocycles. The molecule has 0 bridgehead atoms. The van der Waals surface area contributed by atoms with E-state index in [1.165, 1.54) is 12.8 Å². The molecule has 1 saturated carbocycles. The minimum Gasteiger partial charge on any atom is -0.352 e. The van der Waals surface area contributed by atoms with Gasteiger partial charge in [-0.05, 0) is 26.2 Å². The van der Waals surface area contributed by atoms with E-state index in [-0.39, 0.29) is 18.5 Å². The summed E-state index contributed by atoms with van der Waals surface area (Å²) in [5, 5.41) is 14.4. The maximum Gasteiger partial charge on any atom is 0.242 e. The molecule has 19 heavy (non-hydrogen) atoms. The summed E-state index contributed by atoms with van der Waals surface area (Å²) in [5.41, 5.74) is 0.890. The summed E-state index contributed by atoms with van der Waals surface area (Å²) in [7, 11) is 0. The minimum atomic E-state index is -0.00690. The first-order valence-electron chi connectivity index (χ1n) is 7.09. The number of nitrogens with one attached hydrogen (secondary N) is 2. The lowest BCUT2D eigenvalue weighted by molar-refractivity contribution is -0.122. The number of hydrogen-bond acceptors (Lipinski definition) is 4. The third-order valence-corrected chi connectivity index (χ3v) is 3.17. The molecule has 0 spiro atoms. The van der Waals surface area contributed by atoms with Gasteiger partial charge in [-0.25, -0.2) is 4.68 Å². The predicted octanol–water partition coefficient (Wildman–Crippen LogP) is 0.835. The predicted molar refractivity (Wildman–Crippen MR) is 72.4 cm³/mol. The van der Waals surface area contributed by atoms with Gasteiger partial charge in [0.2, 0.25) is 5.91 Å². The number of amides is 1. The fraction of sp³-hybridized carbons (Fsp3) is 0.769. The van der Waals surface area contributed by atoms with Gasteiger partial charge in [-0.2, -0.15) is 0 Å². The Kier molecular flexibility index (Phi) is 4.90. The molecule has 1 aromatic heterocycles. The van der Waals surface area contributed by atoms with Crippen LogP contribution < -0.4 is 10.6 Å². The van der Waals surface area contributed by atoms with Crippen LogP contribution in [0.2, 0.25) is 0 Å². The number of carbonyl (C=O) groups excluding carboxylic acids is 1. The molecule has 106 valence electrons. The topological polar surface area (TPSA) is 71.8 Å². The molecule has 1 amide bonds. The van der Waals surface area contributed by atoms with Crippen molar-refractivity contribution in [3.63, 3.8) is 0 Å². The van der Waals surface area contributed by atoms with Crippen molar-refractivity contribution in [2.45, 2.75) is 64.7 Å². The largest absolute Gasteiger partial charge is 0.352 e. The van der Waals surface area contributed by atoms with Gasteiger partial charge in [-0.1, -0.05) is 18.6 Å². The van der Waals surface area contributed by atoms with E-state index in [9.17, 15) is 4.79 Å². The summed E-state index contributed by atoms with van der Waals surface area (Å²) in [4.78, 5) is 11.8. The van der Waals surface area contributed by atoms with Crippen LogP contribution in [0.4, 0.5) is 0 Å². The highest BCUT2D eigenvalue weighted by molar-refractivity contribution is 5.75. The number of nitrogens with zero attached hydrogens (tertiary/aromatic N) is 3. The number of aromatic nitrogens is 3. The number of hydrogen-bond donors (Lipinski definition) is 2. The first kappa shape index (κ1) is 14.0. The molecule has 2 N–H and O–H groups in total. The molecule has 1 unspecified atom stereocenters. The van der Waals surface area contributed by atoms with Crippen LogP contribution in [0.15, 0.2) is 6.20 Å². The van der Waals surface area contributed by atoms with Crippen molar-refractivity contribution in [1.82, 2.24) is 25.6 Å². The monoisotopic (exact) mass is 265 g/mol. The fourth-order valence-electron chi connectivity index (χ4n) is 2.01. The van der Waals surface area contributed by atoms with E-state index in [1.807, 2.05) is 13.1 Å². The summed E-state index contributed by atoms with van der Waals surface area (Å²) in [6.07, 6.45) is 6.42. The van der Waals surface area contributed by atoms with E-state index in [1.54, 1.807) is 4.68 Å². The Bertz CT molecular complexity index is 413. The van der Waals surface area contributed by atoms with Gasteiger partial charge in [0.15, 0.2) is 0 Å². The zero-order valence-electron chi connectivity index (χ0n) is 11.7. The smallest absolute Gasteiger partial charge is 0.242 e. The van der Waals surface area contributed by atoms with Crippen LogP contribution in [0.5, 0.6) is 0 Å². The van der Waals surface area contributed by atoms with E-state index in [4.69, 9.17) is 0 Å². The Morgan fingerprint density at radius 2 is 2.37 bits per heavy atom. The molecule has 0 aliphatic heterocycles. The van der Waals surface area contributed by atoms with Gasteiger partial charge in [0.25, 0.3) is 0 Å². The second-order valence-corrected chi connectivity index (χ2v) is 5.32. The molecule has 1 aromatic rings. The van der Waals surface area contributed by atoms with Crippen molar-refractivity contribution in [2.75, 3.05) is 0 Å². The highest BCUT2D eigenvalue weighted by Gasteiger charge is 2.20. The third-order valence-electron chi connectivity index (χ3n) is 3.17. The van der Waals surface area contributed by atoms with E-state index >= 15 is 0 Å². The Morgan fingerprint density at radius 3 is 3.05 bits per heavy atom. The van der Waals surface area contributed by atoms with Crippen molar-refractivity contribution in [3.8, 4) is 0 Å². The van der Waals surface area contributed by atoms with E-state index < -0.39 is 0 Å². The van der Waals surface area contributed by atoms with Crippen LogP contribution in [0.25, 0.3) is 0 Å². The molecule has 2 rings (SSSR count). The molecule has 1 fully saturated rings. The van der Waals surface area contributed by atoms with E-state index in [2.05, 4.69) is 27.9 Å². The molecular weight excluding hydrogens is 242 g/mol. The standard InChI is InChI=1S/C13H23N5O/c1-3-4-10(2)15-13(19)9-18-8-12(16-17-18)7-14-11-5-6-11/h8,10-11,14H,3-7,9H2,1-2H3,(H,15,19). The molecule has 1 aliphatic carbocycles. The normalized spacial score (nSPS) is 16.3. The Labute approximate surface area is 113 Å². The highest BCUT2D eigenvalue weighted by atomic mass is 16.2. The van der Waals surface area contributed by atoms with Crippen LogP contribution >= 0.6 is 0 Å². The first-order valence-corrected chi connectivity index (χ1v) is 7.09. The molecule has 1 aliphatic rings. The van der Waals surface area contributed by atoms with Crippen molar-refractivity contribution in [2.24, 2.45) is 0 Å². The molecule has 6 nitrogen and oxygen atoms in total. The molecule has 6 heteroatoms. The lowest BCUT2D eigenvalue weighted by Crippen LogP contribution is -2.35. The molecular formula is C13H23N5O. The summed E-state index contributed by atoms with van der Waals surface area (Å²) in [6.45, 7) is 5.11. The Morgan fingerprint density at radius 1 is 1.58 bits per heavy atom. The van der Waals surface area contributed by atoms with Crippen LogP contribution in [0, 0.1) is 0 Å². The Balaban J connectivity index is 1.73. The van der Waals surface area contributed by atoms with Gasteiger partial charge < -0.3 is 10.6 Å². The summed E-state index contributed by atoms with van der Waals surface area (Å²) in [6, 6.07) is 0.875. The van der Waals surface area contributed by atoms with Crippen molar-refractivity contribution < 1.29 is 4.79 Å². The number of rotatable bonds is 8. The lowest BCUT2D eigenvalue weighted by Gasteiger charge is -2.12. The third kappa shape index (κ3) is 4.98. The maximum atomic E-state index is 11.8.